The summed E-state index contributed by atoms with van der Waals surface area (Å²) in [5.41, 5.74) is -0.0433. The van der Waals surface area contributed by atoms with E-state index in [4.69, 9.17) is 5.11 Å². The van der Waals surface area contributed by atoms with Gasteiger partial charge in [-0.1, -0.05) is 6.07 Å². The molecule has 2 rings (SSSR count). The smallest absolute Gasteiger partial charge is 0.250 e. The van der Waals surface area contributed by atoms with Crippen LogP contribution >= 0.6 is 11.3 Å². The number of aliphatic hydroxyl groups excluding tert-OH is 1. The van der Waals surface area contributed by atoms with Gasteiger partial charge in [0.15, 0.2) is 0 Å². The summed E-state index contributed by atoms with van der Waals surface area (Å²) in [6.07, 6.45) is 3.36. The van der Waals surface area contributed by atoms with Crippen LogP contribution in [0.3, 0.4) is 0 Å². The van der Waals surface area contributed by atoms with Gasteiger partial charge in [-0.05, 0) is 6.07 Å². The van der Waals surface area contributed by atoms with E-state index in [1.54, 1.807) is 23.0 Å². The zero-order chi connectivity index (χ0) is 10.7. The zero-order valence-corrected chi connectivity index (χ0v) is 8.78. The van der Waals surface area contributed by atoms with E-state index in [9.17, 15) is 4.79 Å². The quantitative estimate of drug-likeness (QED) is 0.837. The van der Waals surface area contributed by atoms with Gasteiger partial charge in [0.05, 0.1) is 18.0 Å². The van der Waals surface area contributed by atoms with Gasteiger partial charge in [0, 0.05) is 18.5 Å². The molecule has 15 heavy (non-hydrogen) atoms. The van der Waals surface area contributed by atoms with Crippen LogP contribution in [0.1, 0.15) is 9.88 Å². The zero-order valence-electron chi connectivity index (χ0n) is 7.96. The van der Waals surface area contributed by atoms with Crippen molar-refractivity contribution in [2.24, 2.45) is 0 Å². The molecule has 0 spiro atoms. The maximum absolute atomic E-state index is 11.4. The molecule has 0 saturated carbocycles. The lowest BCUT2D eigenvalue weighted by Gasteiger charge is -2.00. The van der Waals surface area contributed by atoms with Crippen LogP contribution in [0.2, 0.25) is 0 Å². The third-order valence-electron chi connectivity index (χ3n) is 1.96. The largest absolute Gasteiger partial charge is 0.391 e. The second kappa shape index (κ2) is 4.37. The van der Waals surface area contributed by atoms with Gasteiger partial charge in [0.1, 0.15) is 5.01 Å². The Bertz CT molecular complexity index is 504. The lowest BCUT2D eigenvalue weighted by Crippen LogP contribution is -2.17. The third kappa shape index (κ3) is 2.31. The van der Waals surface area contributed by atoms with Crippen LogP contribution in [0.25, 0.3) is 0 Å². The molecule has 0 unspecified atom stereocenters. The molecule has 0 aliphatic heterocycles. The van der Waals surface area contributed by atoms with Crippen molar-refractivity contribution in [1.82, 2.24) is 9.55 Å². The van der Waals surface area contributed by atoms with Crippen molar-refractivity contribution in [3.63, 3.8) is 0 Å². The van der Waals surface area contributed by atoms with Crippen LogP contribution in [0, 0.1) is 0 Å². The number of thiazole rings is 1. The van der Waals surface area contributed by atoms with Gasteiger partial charge in [0.25, 0.3) is 5.56 Å². The van der Waals surface area contributed by atoms with Crippen molar-refractivity contribution >= 4 is 11.3 Å². The summed E-state index contributed by atoms with van der Waals surface area (Å²) < 4.78 is 1.58. The van der Waals surface area contributed by atoms with Crippen molar-refractivity contribution in [2.45, 2.75) is 13.2 Å². The number of hydrogen-bond donors (Lipinski definition) is 1. The number of aromatic nitrogens is 2. The predicted molar refractivity (Wildman–Crippen MR) is 57.8 cm³/mol. The van der Waals surface area contributed by atoms with Crippen LogP contribution in [0.4, 0.5) is 0 Å². The second-order valence-electron chi connectivity index (χ2n) is 3.05. The van der Waals surface area contributed by atoms with Crippen molar-refractivity contribution in [3.8, 4) is 0 Å². The molecule has 78 valence electrons. The first-order valence-electron chi connectivity index (χ1n) is 4.49. The molecule has 1 N–H and O–H groups in total. The fourth-order valence-corrected chi connectivity index (χ4v) is 2.01. The molecular formula is C10H10N2O2S. The SMILES string of the molecule is O=c1ccccn1Cc1ncc(CO)s1. The topological polar surface area (TPSA) is 55.1 Å². The van der Waals surface area contributed by atoms with Crippen molar-refractivity contribution in [3.05, 3.63) is 50.8 Å². The Hall–Kier alpha value is -1.46. The van der Waals surface area contributed by atoms with Gasteiger partial charge in [-0.3, -0.25) is 4.79 Å². The van der Waals surface area contributed by atoms with E-state index in [1.807, 2.05) is 6.07 Å². The third-order valence-corrected chi connectivity index (χ3v) is 2.93. The molecule has 0 bridgehead atoms. The summed E-state index contributed by atoms with van der Waals surface area (Å²) in [5.74, 6) is 0. The molecule has 4 nitrogen and oxygen atoms in total. The van der Waals surface area contributed by atoms with Gasteiger partial charge in [0.2, 0.25) is 0 Å². The molecule has 2 aromatic rings. The highest BCUT2D eigenvalue weighted by molar-refractivity contribution is 7.11. The lowest BCUT2D eigenvalue weighted by molar-refractivity contribution is 0.285. The average molecular weight is 222 g/mol. The molecule has 0 saturated heterocycles. The Morgan fingerprint density at radius 3 is 3.00 bits per heavy atom. The van der Waals surface area contributed by atoms with Gasteiger partial charge in [-0.2, -0.15) is 0 Å². The number of aliphatic hydroxyl groups is 1. The molecule has 0 aliphatic carbocycles. The fourth-order valence-electron chi connectivity index (χ4n) is 1.23. The van der Waals surface area contributed by atoms with Crippen LogP contribution in [0.15, 0.2) is 35.4 Å². The number of nitrogens with zero attached hydrogens (tertiary/aromatic N) is 2. The van der Waals surface area contributed by atoms with E-state index >= 15 is 0 Å². The number of rotatable bonds is 3. The van der Waals surface area contributed by atoms with E-state index in [2.05, 4.69) is 4.98 Å². The molecule has 0 amide bonds. The van der Waals surface area contributed by atoms with E-state index in [-0.39, 0.29) is 12.2 Å². The Morgan fingerprint density at radius 2 is 2.33 bits per heavy atom. The fraction of sp³-hybridized carbons (Fsp3) is 0.200. The highest BCUT2D eigenvalue weighted by Gasteiger charge is 2.02. The number of hydrogen-bond acceptors (Lipinski definition) is 4. The normalized spacial score (nSPS) is 10.5. The Kier molecular flexibility index (Phi) is 2.94. The highest BCUT2D eigenvalue weighted by atomic mass is 32.1. The minimum absolute atomic E-state index is 0.00134. The van der Waals surface area contributed by atoms with Gasteiger partial charge in [-0.15, -0.1) is 11.3 Å². The summed E-state index contributed by atoms with van der Waals surface area (Å²) in [4.78, 5) is 16.3. The van der Waals surface area contributed by atoms with E-state index in [1.165, 1.54) is 17.4 Å². The molecule has 0 aliphatic rings. The minimum atomic E-state index is -0.0433. The monoisotopic (exact) mass is 222 g/mol. The van der Waals surface area contributed by atoms with Gasteiger partial charge < -0.3 is 9.67 Å². The number of pyridine rings is 1. The van der Waals surface area contributed by atoms with Crippen molar-refractivity contribution in [1.29, 1.82) is 0 Å². The molecule has 0 radical (unpaired) electrons. The summed E-state index contributed by atoms with van der Waals surface area (Å²) in [6, 6.07) is 5.03. The molecule has 2 heterocycles. The first-order valence-corrected chi connectivity index (χ1v) is 5.31. The van der Waals surface area contributed by atoms with Crippen LogP contribution in [-0.4, -0.2) is 14.7 Å². The molecular weight excluding hydrogens is 212 g/mol. The summed E-state index contributed by atoms with van der Waals surface area (Å²) in [5, 5.41) is 9.70. The van der Waals surface area contributed by atoms with Crippen molar-refractivity contribution in [2.75, 3.05) is 0 Å². The Balaban J connectivity index is 2.22. The minimum Gasteiger partial charge on any atom is -0.391 e. The van der Waals surface area contributed by atoms with Crippen molar-refractivity contribution < 1.29 is 5.11 Å². The van der Waals surface area contributed by atoms with Crippen LogP contribution in [0.5, 0.6) is 0 Å². The van der Waals surface area contributed by atoms with E-state index < -0.39 is 0 Å². The second-order valence-corrected chi connectivity index (χ2v) is 4.24. The van der Waals surface area contributed by atoms with Gasteiger partial charge >= 0.3 is 0 Å². The molecule has 2 aromatic heterocycles. The molecule has 0 aromatic carbocycles. The Morgan fingerprint density at radius 1 is 1.47 bits per heavy atom. The van der Waals surface area contributed by atoms with Crippen LogP contribution < -0.4 is 5.56 Å². The van der Waals surface area contributed by atoms with Gasteiger partial charge in [-0.25, -0.2) is 4.98 Å². The summed E-state index contributed by atoms with van der Waals surface area (Å²) in [6.45, 7) is 0.464. The summed E-state index contributed by atoms with van der Waals surface area (Å²) >= 11 is 1.42. The maximum atomic E-state index is 11.4. The predicted octanol–water partition coefficient (Wildman–Crippen LogP) is 0.845. The molecule has 5 heteroatoms. The molecule has 0 fully saturated rings. The van der Waals surface area contributed by atoms with E-state index in [0.717, 1.165) is 9.88 Å². The molecule has 0 atom stereocenters. The lowest BCUT2D eigenvalue weighted by atomic mass is 10.4. The highest BCUT2D eigenvalue weighted by Crippen LogP contribution is 2.13. The average Bonchev–Trinajstić information content (AvgIpc) is 2.69. The van der Waals surface area contributed by atoms with E-state index in [0.29, 0.717) is 6.54 Å². The maximum Gasteiger partial charge on any atom is 0.250 e. The Labute approximate surface area is 90.5 Å². The summed E-state index contributed by atoms with van der Waals surface area (Å²) in [7, 11) is 0. The first-order chi connectivity index (χ1) is 7.29. The standard InChI is InChI=1S/C10H10N2O2S/c13-7-8-5-11-9(15-8)6-12-4-2-1-3-10(12)14/h1-5,13H,6-7H2. The van der Waals surface area contributed by atoms with Crippen LogP contribution in [-0.2, 0) is 13.2 Å². The first kappa shape index (κ1) is 10.1.